The molecule has 2 aliphatic rings. The quantitative estimate of drug-likeness (QED) is 0.842. The minimum atomic E-state index is 0.00822. The highest BCUT2D eigenvalue weighted by molar-refractivity contribution is 5.83. The molecule has 1 aromatic carbocycles. The van der Waals surface area contributed by atoms with E-state index in [1.54, 1.807) is 0 Å². The van der Waals surface area contributed by atoms with Gasteiger partial charge in [-0.25, -0.2) is 4.79 Å². The highest BCUT2D eigenvalue weighted by Gasteiger charge is 2.31. The number of urea groups is 1. The molecule has 1 aromatic rings. The summed E-state index contributed by atoms with van der Waals surface area (Å²) in [5, 5.41) is 0. The van der Waals surface area contributed by atoms with Gasteiger partial charge in [0.15, 0.2) is 0 Å². The lowest BCUT2D eigenvalue weighted by Gasteiger charge is -2.39. The van der Waals surface area contributed by atoms with Gasteiger partial charge in [0, 0.05) is 51.6 Å². The van der Waals surface area contributed by atoms with Crippen LogP contribution in [0.3, 0.4) is 0 Å². The fraction of sp³-hybridized carbons (Fsp3) is 0.600. The Labute approximate surface area is 150 Å². The van der Waals surface area contributed by atoms with E-state index in [1.807, 2.05) is 28.0 Å². The smallest absolute Gasteiger partial charge is 0.320 e. The maximum absolute atomic E-state index is 12.7. The van der Waals surface area contributed by atoms with Gasteiger partial charge in [-0.15, -0.1) is 0 Å². The first kappa shape index (κ1) is 17.9. The van der Waals surface area contributed by atoms with Gasteiger partial charge in [-0.1, -0.05) is 30.3 Å². The average molecular weight is 343 g/mol. The van der Waals surface area contributed by atoms with E-state index in [0.717, 1.165) is 52.0 Å². The average Bonchev–Trinajstić information content (AvgIpc) is 2.67. The number of aryl methyl sites for hydroxylation is 1. The monoisotopic (exact) mass is 343 g/mol. The topological polar surface area (TPSA) is 43.9 Å². The van der Waals surface area contributed by atoms with Crippen molar-refractivity contribution in [3.05, 3.63) is 35.9 Å². The van der Waals surface area contributed by atoms with E-state index in [2.05, 4.69) is 24.1 Å². The minimum Gasteiger partial charge on any atom is -0.324 e. The fourth-order valence-electron chi connectivity index (χ4n) is 3.73. The summed E-state index contributed by atoms with van der Waals surface area (Å²) in [6, 6.07) is 10.3. The molecule has 2 amide bonds. The molecule has 5 heteroatoms. The Morgan fingerprint density at radius 3 is 2.44 bits per heavy atom. The number of carbonyl (C=O) groups is 2. The lowest BCUT2D eigenvalue weighted by molar-refractivity contribution is -0.124. The van der Waals surface area contributed by atoms with Crippen molar-refractivity contribution in [2.45, 2.75) is 25.7 Å². The summed E-state index contributed by atoms with van der Waals surface area (Å²) in [5.41, 5.74) is 1.21. The van der Waals surface area contributed by atoms with Gasteiger partial charge in [0.25, 0.3) is 0 Å². The molecule has 1 atom stereocenters. The number of carbonyl (C=O) groups excluding carboxylic acids is 2. The van der Waals surface area contributed by atoms with Crippen LogP contribution >= 0.6 is 0 Å². The number of rotatable bonds is 4. The van der Waals surface area contributed by atoms with Gasteiger partial charge in [-0.3, -0.25) is 4.79 Å². The van der Waals surface area contributed by atoms with Crippen molar-refractivity contribution in [3.8, 4) is 0 Å². The molecule has 2 fully saturated rings. The number of nitrogens with zero attached hydrogens (tertiary/aromatic N) is 3. The molecule has 136 valence electrons. The number of piperidine rings is 1. The van der Waals surface area contributed by atoms with Gasteiger partial charge in [0.2, 0.25) is 0 Å². The van der Waals surface area contributed by atoms with Crippen LogP contribution in [-0.2, 0) is 11.2 Å². The molecule has 25 heavy (non-hydrogen) atoms. The fourth-order valence-corrected chi connectivity index (χ4v) is 3.73. The van der Waals surface area contributed by atoms with Gasteiger partial charge in [0.1, 0.15) is 5.78 Å². The molecule has 0 aliphatic carbocycles. The van der Waals surface area contributed by atoms with Crippen molar-refractivity contribution in [1.82, 2.24) is 14.7 Å². The van der Waals surface area contributed by atoms with Crippen LogP contribution in [0.2, 0.25) is 0 Å². The van der Waals surface area contributed by atoms with Crippen molar-refractivity contribution in [1.29, 1.82) is 0 Å². The third-order valence-corrected chi connectivity index (χ3v) is 5.42. The summed E-state index contributed by atoms with van der Waals surface area (Å²) in [6.45, 7) is 4.82. The highest BCUT2D eigenvalue weighted by atomic mass is 16.2. The predicted molar refractivity (Wildman–Crippen MR) is 98.5 cm³/mol. The molecular weight excluding hydrogens is 314 g/mol. The first-order chi connectivity index (χ1) is 12.1. The molecule has 0 N–H and O–H groups in total. The van der Waals surface area contributed by atoms with E-state index in [4.69, 9.17) is 0 Å². The van der Waals surface area contributed by atoms with Gasteiger partial charge >= 0.3 is 6.03 Å². The lowest BCUT2D eigenvalue weighted by atomic mass is 9.90. The molecule has 2 heterocycles. The third-order valence-electron chi connectivity index (χ3n) is 5.42. The molecule has 0 saturated carbocycles. The Balaban J connectivity index is 1.50. The number of Topliss-reactive ketones (excluding diaryl/α,β-unsaturated/α-hetero) is 1. The van der Waals surface area contributed by atoms with Crippen molar-refractivity contribution < 1.29 is 9.59 Å². The number of piperazine rings is 1. The first-order valence-corrected chi connectivity index (χ1v) is 9.42. The number of amides is 2. The standard InChI is InChI=1S/C20H29N3O2/c1-21-12-14-22(15-13-21)20(25)23-11-5-8-18(16-23)19(24)10-9-17-6-3-2-4-7-17/h2-4,6-7,18H,5,8-16H2,1H3/t18-/m1/s1. The van der Waals surface area contributed by atoms with Crippen LogP contribution in [0.1, 0.15) is 24.8 Å². The second-order valence-electron chi connectivity index (χ2n) is 7.31. The van der Waals surface area contributed by atoms with E-state index in [1.165, 1.54) is 5.56 Å². The van der Waals surface area contributed by atoms with Gasteiger partial charge in [-0.2, -0.15) is 0 Å². The highest BCUT2D eigenvalue weighted by Crippen LogP contribution is 2.21. The Morgan fingerprint density at radius 2 is 1.72 bits per heavy atom. The number of likely N-dealkylation sites (tertiary alicyclic amines) is 1. The van der Waals surface area contributed by atoms with E-state index in [-0.39, 0.29) is 11.9 Å². The number of ketones is 1. The van der Waals surface area contributed by atoms with Crippen LogP contribution in [-0.4, -0.2) is 72.8 Å². The van der Waals surface area contributed by atoms with Crippen molar-refractivity contribution in [3.63, 3.8) is 0 Å². The zero-order valence-corrected chi connectivity index (χ0v) is 15.2. The molecule has 0 bridgehead atoms. The predicted octanol–water partition coefficient (Wildman–Crippen LogP) is 2.27. The number of hydrogen-bond acceptors (Lipinski definition) is 3. The van der Waals surface area contributed by atoms with Crippen LogP contribution < -0.4 is 0 Å². The molecule has 5 nitrogen and oxygen atoms in total. The van der Waals surface area contributed by atoms with Crippen molar-refractivity contribution >= 4 is 11.8 Å². The molecule has 0 aromatic heterocycles. The van der Waals surface area contributed by atoms with Crippen molar-refractivity contribution in [2.75, 3.05) is 46.3 Å². The first-order valence-electron chi connectivity index (χ1n) is 9.42. The Kier molecular flexibility index (Phi) is 6.08. The zero-order chi connectivity index (χ0) is 17.6. The summed E-state index contributed by atoms with van der Waals surface area (Å²) < 4.78 is 0. The van der Waals surface area contributed by atoms with Crippen LogP contribution in [0.4, 0.5) is 4.79 Å². The summed E-state index contributed by atoms with van der Waals surface area (Å²) in [5.74, 6) is 0.314. The maximum Gasteiger partial charge on any atom is 0.320 e. The second-order valence-corrected chi connectivity index (χ2v) is 7.31. The van der Waals surface area contributed by atoms with Gasteiger partial charge < -0.3 is 14.7 Å². The molecule has 3 rings (SSSR count). The van der Waals surface area contributed by atoms with E-state index < -0.39 is 0 Å². The lowest BCUT2D eigenvalue weighted by Crippen LogP contribution is -2.54. The van der Waals surface area contributed by atoms with Crippen LogP contribution in [0, 0.1) is 5.92 Å². The number of benzene rings is 1. The van der Waals surface area contributed by atoms with Crippen LogP contribution in [0.5, 0.6) is 0 Å². The van der Waals surface area contributed by atoms with E-state index in [0.29, 0.717) is 18.7 Å². The second kappa shape index (κ2) is 8.48. The van der Waals surface area contributed by atoms with Crippen LogP contribution in [0.15, 0.2) is 30.3 Å². The molecule has 2 saturated heterocycles. The van der Waals surface area contributed by atoms with Gasteiger partial charge in [0.05, 0.1) is 0 Å². The minimum absolute atomic E-state index is 0.00822. The molecule has 0 unspecified atom stereocenters. The summed E-state index contributed by atoms with van der Waals surface area (Å²) in [6.07, 6.45) is 3.22. The maximum atomic E-state index is 12.7. The number of hydrogen-bond donors (Lipinski definition) is 0. The molecule has 0 radical (unpaired) electrons. The molecule has 0 spiro atoms. The molecule has 2 aliphatic heterocycles. The van der Waals surface area contributed by atoms with Crippen molar-refractivity contribution in [2.24, 2.45) is 5.92 Å². The summed E-state index contributed by atoms with van der Waals surface area (Å²) in [7, 11) is 2.09. The zero-order valence-electron chi connectivity index (χ0n) is 15.2. The normalized spacial score (nSPS) is 22.0. The summed E-state index contributed by atoms with van der Waals surface area (Å²) in [4.78, 5) is 31.4. The Hall–Kier alpha value is -1.88. The Morgan fingerprint density at radius 1 is 1.00 bits per heavy atom. The number of likely N-dealkylation sites (N-methyl/N-ethyl adjacent to an activating group) is 1. The third kappa shape index (κ3) is 4.82. The van der Waals surface area contributed by atoms with Crippen LogP contribution in [0.25, 0.3) is 0 Å². The Bertz CT molecular complexity index is 582. The largest absolute Gasteiger partial charge is 0.324 e. The molecular formula is C20H29N3O2. The SMILES string of the molecule is CN1CCN(C(=O)N2CCC[C@@H](C(=O)CCc3ccccc3)C2)CC1. The van der Waals surface area contributed by atoms with Gasteiger partial charge in [-0.05, 0) is 31.9 Å². The van der Waals surface area contributed by atoms with E-state index in [9.17, 15) is 9.59 Å². The van der Waals surface area contributed by atoms with E-state index >= 15 is 0 Å². The summed E-state index contributed by atoms with van der Waals surface area (Å²) >= 11 is 0.